The van der Waals surface area contributed by atoms with Crippen molar-refractivity contribution < 1.29 is 0 Å². The average molecular weight is 284 g/mol. The molecule has 0 unspecified atom stereocenters. The van der Waals surface area contributed by atoms with Gasteiger partial charge in [-0.1, -0.05) is 17.4 Å². The van der Waals surface area contributed by atoms with E-state index in [2.05, 4.69) is 27.1 Å². The van der Waals surface area contributed by atoms with Gasteiger partial charge in [0.25, 0.3) is 0 Å². The molecule has 4 rings (SSSR count). The summed E-state index contributed by atoms with van der Waals surface area (Å²) >= 11 is 1.82. The number of thiazole rings is 1. The van der Waals surface area contributed by atoms with Crippen molar-refractivity contribution in [2.45, 2.75) is 18.8 Å². The highest BCUT2D eigenvalue weighted by atomic mass is 32.1. The molecule has 0 saturated carbocycles. The van der Waals surface area contributed by atoms with Gasteiger partial charge in [0, 0.05) is 18.3 Å². The zero-order chi connectivity index (χ0) is 13.4. The fourth-order valence-electron chi connectivity index (χ4n) is 2.75. The van der Waals surface area contributed by atoms with Crippen LogP contribution in [0.5, 0.6) is 0 Å². The molecule has 0 bridgehead atoms. The minimum Gasteiger partial charge on any atom is -0.317 e. The maximum Gasteiger partial charge on any atom is 0.137 e. The molecule has 0 radical (unpaired) electrons. The summed E-state index contributed by atoms with van der Waals surface area (Å²) in [7, 11) is 0. The monoisotopic (exact) mass is 284 g/mol. The lowest BCUT2D eigenvalue weighted by atomic mass is 9.99. The maximum absolute atomic E-state index is 4.82. The summed E-state index contributed by atoms with van der Waals surface area (Å²) in [4.78, 5) is 10.5. The van der Waals surface area contributed by atoms with Gasteiger partial charge in [-0.15, -0.1) is 0 Å². The highest BCUT2D eigenvalue weighted by molar-refractivity contribution is 7.18. The number of nitrogens with zero attached hydrogens (tertiary/aromatic N) is 3. The summed E-state index contributed by atoms with van der Waals surface area (Å²) in [5, 5.41) is 4.69. The Hall–Kier alpha value is -1.72. The Morgan fingerprint density at radius 2 is 2.10 bits per heavy atom. The Balaban J connectivity index is 1.75. The minimum absolute atomic E-state index is 0.617. The quantitative estimate of drug-likeness (QED) is 0.787. The van der Waals surface area contributed by atoms with Crippen LogP contribution in [-0.4, -0.2) is 27.6 Å². The Labute approximate surface area is 121 Å². The first-order valence-electron chi connectivity index (χ1n) is 7.02. The van der Waals surface area contributed by atoms with Crippen molar-refractivity contribution in [3.8, 4) is 5.82 Å². The normalized spacial score (nSPS) is 16.8. The number of piperidine rings is 1. The average Bonchev–Trinajstić information content (AvgIpc) is 3.09. The molecule has 1 N–H and O–H groups in total. The summed E-state index contributed by atoms with van der Waals surface area (Å²) in [6, 6.07) is 8.08. The van der Waals surface area contributed by atoms with Crippen LogP contribution in [0.2, 0.25) is 0 Å². The van der Waals surface area contributed by atoms with Gasteiger partial charge in [0.15, 0.2) is 0 Å². The molecule has 1 aliphatic rings. The molecule has 1 saturated heterocycles. The molecule has 102 valence electrons. The third-order valence-corrected chi connectivity index (χ3v) is 5.07. The van der Waals surface area contributed by atoms with Crippen LogP contribution in [0, 0.1) is 0 Å². The molecular formula is C15H16N4S. The van der Waals surface area contributed by atoms with Gasteiger partial charge in [0.1, 0.15) is 16.2 Å². The zero-order valence-electron chi connectivity index (χ0n) is 11.1. The van der Waals surface area contributed by atoms with E-state index in [1.165, 1.54) is 22.7 Å². The Bertz CT molecular complexity index is 710. The van der Waals surface area contributed by atoms with Crippen LogP contribution in [0.25, 0.3) is 16.2 Å². The van der Waals surface area contributed by atoms with Crippen molar-refractivity contribution in [3.05, 3.63) is 41.7 Å². The molecule has 0 aliphatic carbocycles. The number of hydrogen-bond donors (Lipinski definition) is 1. The van der Waals surface area contributed by atoms with Gasteiger partial charge in [0.2, 0.25) is 0 Å². The lowest BCUT2D eigenvalue weighted by Gasteiger charge is -2.20. The van der Waals surface area contributed by atoms with Crippen LogP contribution >= 0.6 is 11.3 Å². The molecule has 4 nitrogen and oxygen atoms in total. The number of fused-ring (bicyclic) bond motifs is 1. The molecule has 3 aromatic rings. The Morgan fingerprint density at radius 3 is 2.90 bits per heavy atom. The molecule has 0 amide bonds. The van der Waals surface area contributed by atoms with Crippen LogP contribution in [0.15, 0.2) is 36.7 Å². The van der Waals surface area contributed by atoms with Crippen molar-refractivity contribution in [1.29, 1.82) is 0 Å². The lowest BCUT2D eigenvalue weighted by molar-refractivity contribution is 0.459. The van der Waals surface area contributed by atoms with E-state index in [-0.39, 0.29) is 0 Å². The van der Waals surface area contributed by atoms with Crippen molar-refractivity contribution in [2.75, 3.05) is 13.1 Å². The maximum atomic E-state index is 4.82. The van der Waals surface area contributed by atoms with Crippen LogP contribution < -0.4 is 5.32 Å². The van der Waals surface area contributed by atoms with Crippen molar-refractivity contribution in [2.24, 2.45) is 0 Å². The fraction of sp³-hybridized carbons (Fsp3) is 0.333. The molecule has 1 aliphatic heterocycles. The van der Waals surface area contributed by atoms with Gasteiger partial charge < -0.3 is 5.32 Å². The second-order valence-electron chi connectivity index (χ2n) is 5.14. The molecule has 20 heavy (non-hydrogen) atoms. The van der Waals surface area contributed by atoms with Crippen molar-refractivity contribution in [1.82, 2.24) is 19.9 Å². The third kappa shape index (κ3) is 2.03. The van der Waals surface area contributed by atoms with Gasteiger partial charge in [-0.25, -0.2) is 9.97 Å². The number of aromatic nitrogens is 3. The van der Waals surface area contributed by atoms with Gasteiger partial charge in [-0.3, -0.25) is 4.57 Å². The largest absolute Gasteiger partial charge is 0.317 e. The topological polar surface area (TPSA) is 42.7 Å². The molecule has 4 heterocycles. The molecule has 1 fully saturated rings. The second kappa shape index (κ2) is 5.00. The summed E-state index contributed by atoms with van der Waals surface area (Å²) in [5.74, 6) is 1.58. The first-order chi connectivity index (χ1) is 9.92. The van der Waals surface area contributed by atoms with E-state index >= 15 is 0 Å². The van der Waals surface area contributed by atoms with E-state index in [1.807, 2.05) is 35.7 Å². The molecule has 0 aromatic carbocycles. The summed E-state index contributed by atoms with van der Waals surface area (Å²) in [6.07, 6.45) is 6.28. The standard InChI is InChI=1S/C15H16N4S/c1-2-7-17-13(3-1)19-10-6-12-15(19)20-14(18-12)11-4-8-16-9-5-11/h1-3,6-7,10-11,16H,4-5,8-9H2. The van der Waals surface area contributed by atoms with E-state index in [9.17, 15) is 0 Å². The fourth-order valence-corrected chi connectivity index (χ4v) is 3.97. The Morgan fingerprint density at radius 1 is 1.20 bits per heavy atom. The zero-order valence-corrected chi connectivity index (χ0v) is 11.9. The lowest BCUT2D eigenvalue weighted by Crippen LogP contribution is -2.26. The van der Waals surface area contributed by atoms with E-state index < -0.39 is 0 Å². The first kappa shape index (κ1) is 12.1. The van der Waals surface area contributed by atoms with Crippen molar-refractivity contribution in [3.63, 3.8) is 0 Å². The second-order valence-corrected chi connectivity index (χ2v) is 6.15. The molecular weight excluding hydrogens is 268 g/mol. The van der Waals surface area contributed by atoms with Gasteiger partial charge in [0.05, 0.1) is 5.01 Å². The molecule has 0 spiro atoms. The highest BCUT2D eigenvalue weighted by Crippen LogP contribution is 2.33. The Kier molecular flexibility index (Phi) is 3.01. The summed E-state index contributed by atoms with van der Waals surface area (Å²) < 4.78 is 2.14. The highest BCUT2D eigenvalue weighted by Gasteiger charge is 2.20. The molecule has 3 aromatic heterocycles. The smallest absolute Gasteiger partial charge is 0.137 e. The van der Waals surface area contributed by atoms with Crippen LogP contribution in [-0.2, 0) is 0 Å². The molecule has 5 heteroatoms. The predicted octanol–water partition coefficient (Wildman–Crippen LogP) is 2.95. The number of pyridine rings is 1. The van der Waals surface area contributed by atoms with Crippen LogP contribution in [0.1, 0.15) is 23.8 Å². The van der Waals surface area contributed by atoms with Gasteiger partial charge >= 0.3 is 0 Å². The molecule has 0 atom stereocenters. The number of nitrogens with one attached hydrogen (secondary N) is 1. The third-order valence-electron chi connectivity index (χ3n) is 3.84. The van der Waals surface area contributed by atoms with Crippen molar-refractivity contribution >= 4 is 21.7 Å². The van der Waals surface area contributed by atoms with Crippen LogP contribution in [0.4, 0.5) is 0 Å². The van der Waals surface area contributed by atoms with Gasteiger partial charge in [-0.2, -0.15) is 0 Å². The summed E-state index contributed by atoms with van der Waals surface area (Å²) in [6.45, 7) is 2.21. The number of rotatable bonds is 2. The SMILES string of the molecule is c1ccc(-n2ccc3nc(C4CCNCC4)sc32)nc1. The summed E-state index contributed by atoms with van der Waals surface area (Å²) in [5.41, 5.74) is 1.09. The van der Waals surface area contributed by atoms with E-state index in [1.54, 1.807) is 0 Å². The van der Waals surface area contributed by atoms with E-state index in [0.29, 0.717) is 5.92 Å². The number of hydrogen-bond acceptors (Lipinski definition) is 4. The van der Waals surface area contributed by atoms with E-state index in [0.717, 1.165) is 24.4 Å². The van der Waals surface area contributed by atoms with Gasteiger partial charge in [-0.05, 0) is 44.1 Å². The van der Waals surface area contributed by atoms with E-state index in [4.69, 9.17) is 4.98 Å². The first-order valence-corrected chi connectivity index (χ1v) is 7.83. The van der Waals surface area contributed by atoms with Crippen LogP contribution in [0.3, 0.4) is 0 Å². The predicted molar refractivity (Wildman–Crippen MR) is 81.6 cm³/mol. The minimum atomic E-state index is 0.617.